The molecule has 0 aliphatic heterocycles. The topological polar surface area (TPSA) is 160 Å². The van der Waals surface area contributed by atoms with Crippen molar-refractivity contribution in [2.75, 3.05) is 26.2 Å². The number of nitrogens with two attached hydrogens (primary N) is 1. The lowest BCUT2D eigenvalue weighted by Gasteiger charge is -2.17. The van der Waals surface area contributed by atoms with Crippen molar-refractivity contribution in [3.63, 3.8) is 0 Å². The zero-order chi connectivity index (χ0) is 29.7. The second kappa shape index (κ2) is 15.5. The molecule has 0 saturated carbocycles. The summed E-state index contributed by atoms with van der Waals surface area (Å²) in [6.45, 7) is 2.77. The van der Waals surface area contributed by atoms with E-state index in [9.17, 15) is 27.6 Å². The van der Waals surface area contributed by atoms with Crippen molar-refractivity contribution in [1.29, 1.82) is 0 Å². The number of carboxylic acid groups (broad SMARTS) is 1. The number of carbonyl (C=O) groups is 4. The van der Waals surface area contributed by atoms with Crippen molar-refractivity contribution in [3.8, 4) is 11.1 Å². The number of amides is 3. The maximum absolute atomic E-state index is 12.2. The summed E-state index contributed by atoms with van der Waals surface area (Å²) < 4.78 is 37.3. The number of ether oxygens (including phenoxy) is 1. The van der Waals surface area contributed by atoms with Crippen molar-refractivity contribution in [3.05, 3.63) is 59.7 Å². The molecule has 1 atom stereocenters. The molecule has 0 heterocycles. The van der Waals surface area contributed by atoms with Crippen LogP contribution in [0, 0.1) is 0 Å². The molecule has 2 aromatic carbocycles. The third-order valence-electron chi connectivity index (χ3n) is 5.91. The molecule has 1 aliphatic rings. The number of hydrogen-bond donors (Lipinski definition) is 5. The van der Waals surface area contributed by atoms with Gasteiger partial charge < -0.3 is 31.5 Å². The second-order valence-electron chi connectivity index (χ2n) is 8.88. The van der Waals surface area contributed by atoms with E-state index in [0.717, 1.165) is 0 Å². The van der Waals surface area contributed by atoms with Crippen LogP contribution in [0.2, 0.25) is 0 Å². The van der Waals surface area contributed by atoms with Gasteiger partial charge in [-0.05, 0) is 41.5 Å². The Labute approximate surface area is 229 Å². The number of benzene rings is 2. The Hall–Kier alpha value is -4.13. The van der Waals surface area contributed by atoms with Crippen LogP contribution in [0.4, 0.5) is 18.0 Å². The van der Waals surface area contributed by atoms with Crippen molar-refractivity contribution in [2.45, 2.75) is 44.3 Å². The van der Waals surface area contributed by atoms with E-state index in [0.29, 0.717) is 38.9 Å². The smallest absolute Gasteiger partial charge is 0.475 e. The molecule has 3 rings (SSSR count). The molecule has 10 nitrogen and oxygen atoms in total. The lowest BCUT2D eigenvalue weighted by Crippen LogP contribution is -2.47. The quantitative estimate of drug-likeness (QED) is 0.262. The van der Waals surface area contributed by atoms with E-state index in [1.807, 2.05) is 24.3 Å². The maximum Gasteiger partial charge on any atom is 0.490 e. The van der Waals surface area contributed by atoms with Gasteiger partial charge in [0.15, 0.2) is 0 Å². The fourth-order valence-corrected chi connectivity index (χ4v) is 4.15. The van der Waals surface area contributed by atoms with E-state index in [-0.39, 0.29) is 24.3 Å². The first-order valence-corrected chi connectivity index (χ1v) is 12.6. The van der Waals surface area contributed by atoms with Gasteiger partial charge in [0.05, 0.1) is 0 Å². The van der Waals surface area contributed by atoms with Gasteiger partial charge >= 0.3 is 18.2 Å². The molecule has 40 heavy (non-hydrogen) atoms. The van der Waals surface area contributed by atoms with Gasteiger partial charge in [-0.2, -0.15) is 13.2 Å². The Kier molecular flexibility index (Phi) is 12.4. The van der Waals surface area contributed by atoms with E-state index in [1.165, 1.54) is 29.2 Å². The summed E-state index contributed by atoms with van der Waals surface area (Å²) in [5.74, 6) is -3.25. The number of carbonyl (C=O) groups excluding carboxylic acids is 3. The Morgan fingerprint density at radius 3 is 2.00 bits per heavy atom. The van der Waals surface area contributed by atoms with Gasteiger partial charge in [0.2, 0.25) is 11.8 Å². The van der Waals surface area contributed by atoms with Gasteiger partial charge in [-0.1, -0.05) is 48.5 Å². The van der Waals surface area contributed by atoms with Crippen LogP contribution in [0.15, 0.2) is 48.5 Å². The number of fused-ring (bicyclic) bond motifs is 3. The van der Waals surface area contributed by atoms with Crippen LogP contribution < -0.4 is 21.7 Å². The number of alkyl carbamates (subject to hydrolysis) is 1. The fraction of sp³-hybridized carbons (Fsp3) is 0.407. The summed E-state index contributed by atoms with van der Waals surface area (Å²) in [4.78, 5) is 44.6. The molecule has 0 spiro atoms. The van der Waals surface area contributed by atoms with Crippen molar-refractivity contribution < 1.29 is 42.2 Å². The molecular formula is C27H33F3N4O6. The van der Waals surface area contributed by atoms with Gasteiger partial charge in [0, 0.05) is 32.5 Å². The standard InChI is InChI=1S/C25H32N4O4.C2HF3O2/c1-17(30)29-23(24(31)27-15-13-26)12-6-7-14-28-25(32)33-16-22-20-10-4-2-8-18(20)19-9-3-5-11-21(19)22;3-2(4,5)1(6)7/h2-5,8-11,22-23H,6-7,12-16,26H2,1H3,(H,27,31)(H,28,32)(H,29,30);(H,6,7)/t23-;/m0./s1. The molecule has 0 fully saturated rings. The Morgan fingerprint density at radius 1 is 0.950 bits per heavy atom. The SMILES string of the molecule is CC(=O)N[C@@H](CCCCNC(=O)OCC1c2ccccc2-c2ccccc21)C(=O)NCCN.O=C(O)C(F)(F)F. The molecular weight excluding hydrogens is 533 g/mol. The van der Waals surface area contributed by atoms with Gasteiger partial charge in [0.25, 0.3) is 0 Å². The zero-order valence-electron chi connectivity index (χ0n) is 21.9. The van der Waals surface area contributed by atoms with Crippen LogP contribution in [0.25, 0.3) is 11.1 Å². The van der Waals surface area contributed by atoms with Crippen LogP contribution in [0.5, 0.6) is 0 Å². The number of nitrogens with one attached hydrogen (secondary N) is 3. The number of aliphatic carboxylic acids is 1. The predicted octanol–water partition coefficient (Wildman–Crippen LogP) is 2.91. The molecule has 13 heteroatoms. The van der Waals surface area contributed by atoms with Crippen molar-refractivity contribution in [1.82, 2.24) is 16.0 Å². The largest absolute Gasteiger partial charge is 0.490 e. The first kappa shape index (κ1) is 32.1. The molecule has 2 aromatic rings. The Bertz CT molecular complexity index is 1130. The average molecular weight is 567 g/mol. The molecule has 218 valence electrons. The summed E-state index contributed by atoms with van der Waals surface area (Å²) in [6, 6.07) is 15.8. The van der Waals surface area contributed by atoms with Crippen LogP contribution in [-0.2, 0) is 19.1 Å². The molecule has 6 N–H and O–H groups in total. The van der Waals surface area contributed by atoms with Gasteiger partial charge in [-0.25, -0.2) is 9.59 Å². The normalized spacial score (nSPS) is 12.6. The number of rotatable bonds is 11. The minimum Gasteiger partial charge on any atom is -0.475 e. The second-order valence-corrected chi connectivity index (χ2v) is 8.88. The zero-order valence-corrected chi connectivity index (χ0v) is 21.9. The number of carboxylic acids is 1. The monoisotopic (exact) mass is 566 g/mol. The van der Waals surface area contributed by atoms with Crippen molar-refractivity contribution >= 4 is 23.9 Å². The van der Waals surface area contributed by atoms with Gasteiger partial charge in [-0.3, -0.25) is 9.59 Å². The molecule has 1 aliphatic carbocycles. The first-order valence-electron chi connectivity index (χ1n) is 12.6. The number of alkyl halides is 3. The van der Waals surface area contributed by atoms with Gasteiger partial charge in [-0.15, -0.1) is 0 Å². The Balaban J connectivity index is 0.000000708. The highest BCUT2D eigenvalue weighted by Gasteiger charge is 2.38. The van der Waals surface area contributed by atoms with E-state index >= 15 is 0 Å². The maximum atomic E-state index is 12.2. The number of hydrogen-bond acceptors (Lipinski definition) is 6. The minimum absolute atomic E-state index is 0.0218. The highest BCUT2D eigenvalue weighted by Crippen LogP contribution is 2.44. The van der Waals surface area contributed by atoms with Crippen LogP contribution >= 0.6 is 0 Å². The van der Waals surface area contributed by atoms with Crippen LogP contribution in [0.1, 0.15) is 43.2 Å². The van der Waals surface area contributed by atoms with E-state index in [4.69, 9.17) is 20.4 Å². The lowest BCUT2D eigenvalue weighted by atomic mass is 9.98. The fourth-order valence-electron chi connectivity index (χ4n) is 4.15. The van der Waals surface area contributed by atoms with E-state index in [1.54, 1.807) is 0 Å². The summed E-state index contributed by atoms with van der Waals surface area (Å²) in [5, 5.41) is 15.2. The lowest BCUT2D eigenvalue weighted by molar-refractivity contribution is -0.192. The minimum atomic E-state index is -5.08. The van der Waals surface area contributed by atoms with Gasteiger partial charge in [0.1, 0.15) is 12.6 Å². The third kappa shape index (κ3) is 9.88. The van der Waals surface area contributed by atoms with Crippen molar-refractivity contribution in [2.24, 2.45) is 5.73 Å². The van der Waals surface area contributed by atoms with E-state index < -0.39 is 24.3 Å². The average Bonchev–Trinajstić information content (AvgIpc) is 3.23. The highest BCUT2D eigenvalue weighted by atomic mass is 19.4. The molecule has 0 aromatic heterocycles. The molecule has 0 radical (unpaired) electrons. The Morgan fingerprint density at radius 2 is 1.50 bits per heavy atom. The highest BCUT2D eigenvalue weighted by molar-refractivity contribution is 5.86. The summed E-state index contributed by atoms with van der Waals surface area (Å²) >= 11 is 0. The molecule has 3 amide bonds. The number of unbranched alkanes of at least 4 members (excludes halogenated alkanes) is 1. The van der Waals surface area contributed by atoms with E-state index in [2.05, 4.69) is 40.2 Å². The van der Waals surface area contributed by atoms with Crippen LogP contribution in [0.3, 0.4) is 0 Å². The number of halogens is 3. The first-order chi connectivity index (χ1) is 19.0. The predicted molar refractivity (Wildman–Crippen MR) is 140 cm³/mol. The van der Waals surface area contributed by atoms with Crippen LogP contribution in [-0.4, -0.2) is 67.4 Å². The summed E-state index contributed by atoms with van der Waals surface area (Å²) in [7, 11) is 0. The molecule has 0 bridgehead atoms. The summed E-state index contributed by atoms with van der Waals surface area (Å²) in [6.07, 6.45) is -3.76. The third-order valence-corrected chi connectivity index (χ3v) is 5.91. The molecule has 0 unspecified atom stereocenters. The molecule has 0 saturated heterocycles. The summed E-state index contributed by atoms with van der Waals surface area (Å²) in [5.41, 5.74) is 10.1.